The van der Waals surface area contributed by atoms with Crippen molar-refractivity contribution in [3.05, 3.63) is 24.1 Å². The Labute approximate surface area is 94.2 Å². The van der Waals surface area contributed by atoms with Crippen LogP contribution in [-0.2, 0) is 13.1 Å². The number of hydrogen-bond acceptors (Lipinski definition) is 4. The molecule has 0 amide bonds. The molecule has 0 aliphatic heterocycles. The SMILES string of the molecule is CCCCn1nnc(CN)c1-c1ccco1. The minimum atomic E-state index is 0.377. The summed E-state index contributed by atoms with van der Waals surface area (Å²) in [6.07, 6.45) is 3.84. The van der Waals surface area contributed by atoms with Crippen molar-refractivity contribution in [3.8, 4) is 11.5 Å². The Morgan fingerprint density at radius 1 is 1.50 bits per heavy atom. The van der Waals surface area contributed by atoms with E-state index in [-0.39, 0.29) is 0 Å². The number of rotatable bonds is 5. The molecule has 0 spiro atoms. The lowest BCUT2D eigenvalue weighted by Crippen LogP contribution is -2.04. The van der Waals surface area contributed by atoms with Crippen LogP contribution in [0.1, 0.15) is 25.5 Å². The van der Waals surface area contributed by atoms with Gasteiger partial charge in [-0.15, -0.1) is 5.10 Å². The number of aromatic nitrogens is 3. The van der Waals surface area contributed by atoms with Gasteiger partial charge in [-0.05, 0) is 18.6 Å². The van der Waals surface area contributed by atoms with Gasteiger partial charge in [0.05, 0.1) is 6.26 Å². The molecule has 86 valence electrons. The van der Waals surface area contributed by atoms with Crippen LogP contribution >= 0.6 is 0 Å². The first kappa shape index (κ1) is 10.9. The van der Waals surface area contributed by atoms with Gasteiger partial charge < -0.3 is 10.2 Å². The Hall–Kier alpha value is -1.62. The van der Waals surface area contributed by atoms with Gasteiger partial charge in [-0.25, -0.2) is 4.68 Å². The molecule has 0 aliphatic carbocycles. The number of nitrogens with zero attached hydrogens (tertiary/aromatic N) is 3. The van der Waals surface area contributed by atoms with Crippen LogP contribution in [0, 0.1) is 0 Å². The van der Waals surface area contributed by atoms with Crippen molar-refractivity contribution in [2.75, 3.05) is 0 Å². The predicted molar refractivity (Wildman–Crippen MR) is 60.5 cm³/mol. The van der Waals surface area contributed by atoms with E-state index in [1.807, 2.05) is 16.8 Å². The summed E-state index contributed by atoms with van der Waals surface area (Å²) >= 11 is 0. The van der Waals surface area contributed by atoms with E-state index in [0.717, 1.165) is 36.5 Å². The maximum atomic E-state index is 5.64. The smallest absolute Gasteiger partial charge is 0.153 e. The van der Waals surface area contributed by atoms with Crippen molar-refractivity contribution >= 4 is 0 Å². The van der Waals surface area contributed by atoms with Gasteiger partial charge >= 0.3 is 0 Å². The second kappa shape index (κ2) is 4.94. The van der Waals surface area contributed by atoms with E-state index in [9.17, 15) is 0 Å². The van der Waals surface area contributed by atoms with Crippen molar-refractivity contribution in [3.63, 3.8) is 0 Å². The van der Waals surface area contributed by atoms with E-state index in [1.165, 1.54) is 0 Å². The van der Waals surface area contributed by atoms with Crippen molar-refractivity contribution in [1.29, 1.82) is 0 Å². The predicted octanol–water partition coefficient (Wildman–Crippen LogP) is 1.80. The number of hydrogen-bond donors (Lipinski definition) is 1. The topological polar surface area (TPSA) is 69.9 Å². The number of nitrogens with two attached hydrogens (primary N) is 1. The molecule has 0 aliphatic rings. The third-order valence-corrected chi connectivity index (χ3v) is 2.48. The van der Waals surface area contributed by atoms with Crippen molar-refractivity contribution in [2.24, 2.45) is 5.73 Å². The molecule has 0 saturated heterocycles. The fraction of sp³-hybridized carbons (Fsp3) is 0.455. The summed E-state index contributed by atoms with van der Waals surface area (Å²) in [7, 11) is 0. The van der Waals surface area contributed by atoms with Crippen LogP contribution in [-0.4, -0.2) is 15.0 Å². The van der Waals surface area contributed by atoms with E-state index >= 15 is 0 Å². The summed E-state index contributed by atoms with van der Waals surface area (Å²) in [4.78, 5) is 0. The van der Waals surface area contributed by atoms with Crippen LogP contribution in [0.3, 0.4) is 0 Å². The fourth-order valence-electron chi connectivity index (χ4n) is 1.63. The molecule has 0 aromatic carbocycles. The summed E-state index contributed by atoms with van der Waals surface area (Å²) in [5.41, 5.74) is 7.33. The second-order valence-corrected chi connectivity index (χ2v) is 3.64. The monoisotopic (exact) mass is 220 g/mol. The van der Waals surface area contributed by atoms with E-state index in [0.29, 0.717) is 6.54 Å². The van der Waals surface area contributed by atoms with Gasteiger partial charge in [0.1, 0.15) is 11.4 Å². The number of unbranched alkanes of at least 4 members (excludes halogenated alkanes) is 1. The molecule has 0 saturated carbocycles. The van der Waals surface area contributed by atoms with Crippen LogP contribution < -0.4 is 5.73 Å². The molecule has 2 heterocycles. The van der Waals surface area contributed by atoms with Crippen LogP contribution in [0.25, 0.3) is 11.5 Å². The summed E-state index contributed by atoms with van der Waals surface area (Å²) in [6, 6.07) is 3.76. The quantitative estimate of drug-likeness (QED) is 0.834. The minimum Gasteiger partial charge on any atom is -0.463 e. The third kappa shape index (κ3) is 1.99. The molecule has 16 heavy (non-hydrogen) atoms. The summed E-state index contributed by atoms with van der Waals surface area (Å²) in [5.74, 6) is 0.779. The summed E-state index contributed by atoms with van der Waals surface area (Å²) < 4.78 is 7.25. The molecule has 2 rings (SSSR count). The van der Waals surface area contributed by atoms with Gasteiger partial charge in [-0.2, -0.15) is 0 Å². The number of furan rings is 1. The van der Waals surface area contributed by atoms with E-state index in [2.05, 4.69) is 17.2 Å². The Bertz CT molecular complexity index is 433. The van der Waals surface area contributed by atoms with Crippen LogP contribution in [0.2, 0.25) is 0 Å². The highest BCUT2D eigenvalue weighted by molar-refractivity contribution is 5.55. The first-order valence-electron chi connectivity index (χ1n) is 5.53. The largest absolute Gasteiger partial charge is 0.463 e. The van der Waals surface area contributed by atoms with Crippen molar-refractivity contribution in [1.82, 2.24) is 15.0 Å². The Morgan fingerprint density at radius 2 is 2.38 bits per heavy atom. The van der Waals surface area contributed by atoms with E-state index in [4.69, 9.17) is 10.2 Å². The number of aryl methyl sites for hydroxylation is 1. The standard InChI is InChI=1S/C11H16N4O/c1-2-3-6-15-11(9(8-12)13-14-15)10-5-4-7-16-10/h4-5,7H,2-3,6,8,12H2,1H3. The average molecular weight is 220 g/mol. The maximum Gasteiger partial charge on any atom is 0.153 e. The fourth-order valence-corrected chi connectivity index (χ4v) is 1.63. The molecular formula is C11H16N4O. The molecule has 0 fully saturated rings. The molecule has 0 unspecified atom stereocenters. The van der Waals surface area contributed by atoms with E-state index < -0.39 is 0 Å². The molecular weight excluding hydrogens is 204 g/mol. The maximum absolute atomic E-state index is 5.64. The Kier molecular flexibility index (Phi) is 3.36. The lowest BCUT2D eigenvalue weighted by Gasteiger charge is -2.04. The molecule has 2 N–H and O–H groups in total. The third-order valence-electron chi connectivity index (χ3n) is 2.48. The van der Waals surface area contributed by atoms with Gasteiger partial charge in [0.2, 0.25) is 0 Å². The van der Waals surface area contributed by atoms with Gasteiger partial charge in [-0.1, -0.05) is 18.6 Å². The molecule has 2 aromatic rings. The van der Waals surface area contributed by atoms with Crippen molar-refractivity contribution < 1.29 is 4.42 Å². The van der Waals surface area contributed by atoms with Crippen LogP contribution in [0.5, 0.6) is 0 Å². The van der Waals surface area contributed by atoms with Gasteiger partial charge in [-0.3, -0.25) is 0 Å². The molecule has 2 aromatic heterocycles. The summed E-state index contributed by atoms with van der Waals surface area (Å²) in [5, 5.41) is 8.18. The Balaban J connectivity index is 2.35. The summed E-state index contributed by atoms with van der Waals surface area (Å²) in [6.45, 7) is 3.37. The van der Waals surface area contributed by atoms with Gasteiger partial charge in [0.15, 0.2) is 5.76 Å². The normalized spacial score (nSPS) is 10.9. The average Bonchev–Trinajstić information content (AvgIpc) is 2.94. The zero-order chi connectivity index (χ0) is 11.4. The highest BCUT2D eigenvalue weighted by Gasteiger charge is 2.15. The zero-order valence-corrected chi connectivity index (χ0v) is 9.39. The lowest BCUT2D eigenvalue weighted by molar-refractivity contribution is 0.534. The molecule has 5 heteroatoms. The minimum absolute atomic E-state index is 0.377. The molecule has 0 bridgehead atoms. The highest BCUT2D eigenvalue weighted by atomic mass is 16.3. The lowest BCUT2D eigenvalue weighted by atomic mass is 10.2. The second-order valence-electron chi connectivity index (χ2n) is 3.64. The highest BCUT2D eigenvalue weighted by Crippen LogP contribution is 2.22. The Morgan fingerprint density at radius 3 is 3.00 bits per heavy atom. The first-order valence-corrected chi connectivity index (χ1v) is 5.53. The van der Waals surface area contributed by atoms with Crippen LogP contribution in [0.15, 0.2) is 22.8 Å². The van der Waals surface area contributed by atoms with E-state index in [1.54, 1.807) is 6.26 Å². The zero-order valence-electron chi connectivity index (χ0n) is 9.39. The van der Waals surface area contributed by atoms with Crippen LogP contribution in [0.4, 0.5) is 0 Å². The van der Waals surface area contributed by atoms with Gasteiger partial charge in [0.25, 0.3) is 0 Å². The molecule has 0 atom stereocenters. The molecule has 5 nitrogen and oxygen atoms in total. The first-order chi connectivity index (χ1) is 7.86. The van der Waals surface area contributed by atoms with Gasteiger partial charge in [0, 0.05) is 13.1 Å². The molecule has 0 radical (unpaired) electrons. The van der Waals surface area contributed by atoms with Crippen molar-refractivity contribution in [2.45, 2.75) is 32.9 Å².